The predicted molar refractivity (Wildman–Crippen MR) is 60.3 cm³/mol. The fourth-order valence-corrected chi connectivity index (χ4v) is 3.15. The molecule has 1 rings (SSSR count). The van der Waals surface area contributed by atoms with Gasteiger partial charge in [0.2, 0.25) is 10.0 Å². The van der Waals surface area contributed by atoms with Crippen LogP contribution in [0.15, 0.2) is 0 Å². The van der Waals surface area contributed by atoms with Crippen molar-refractivity contribution in [3.8, 4) is 0 Å². The molecule has 1 aliphatic rings. The molecule has 1 N–H and O–H groups in total. The van der Waals surface area contributed by atoms with E-state index >= 15 is 0 Å². The van der Waals surface area contributed by atoms with Gasteiger partial charge in [0, 0.05) is 13.2 Å². The van der Waals surface area contributed by atoms with E-state index in [0.717, 1.165) is 25.7 Å². The summed E-state index contributed by atoms with van der Waals surface area (Å²) in [4.78, 5) is 0. The number of rotatable bonds is 5. The van der Waals surface area contributed by atoms with Crippen LogP contribution in [0.1, 0.15) is 38.5 Å². The molecule has 1 aliphatic carbocycles. The fraction of sp³-hybridized carbons (Fsp3) is 1.00. The van der Waals surface area contributed by atoms with Gasteiger partial charge in [-0.1, -0.05) is 25.7 Å². The second-order valence-corrected chi connectivity index (χ2v) is 5.99. The van der Waals surface area contributed by atoms with Gasteiger partial charge in [-0.3, -0.25) is 0 Å². The first kappa shape index (κ1) is 12.9. The lowest BCUT2D eigenvalue weighted by Crippen LogP contribution is -2.36. The second-order valence-electron chi connectivity index (χ2n) is 4.12. The van der Waals surface area contributed by atoms with Crippen molar-refractivity contribution in [1.29, 1.82) is 0 Å². The number of sulfonamides is 1. The summed E-state index contributed by atoms with van der Waals surface area (Å²) in [5.74, 6) is 0.0694. The Morgan fingerprint density at radius 2 is 1.80 bits per heavy atom. The van der Waals surface area contributed by atoms with Crippen LogP contribution in [0.2, 0.25) is 0 Å². The van der Waals surface area contributed by atoms with Gasteiger partial charge in [-0.15, -0.1) is 0 Å². The van der Waals surface area contributed by atoms with Crippen LogP contribution in [-0.2, 0) is 14.8 Å². The first-order valence-corrected chi connectivity index (χ1v) is 7.28. The number of ether oxygens (including phenoxy) is 1. The highest BCUT2D eigenvalue weighted by atomic mass is 32.2. The summed E-state index contributed by atoms with van der Waals surface area (Å²) in [7, 11) is -1.62. The number of hydrogen-bond acceptors (Lipinski definition) is 3. The molecule has 0 saturated heterocycles. The molecule has 0 aromatic heterocycles. The third-order valence-electron chi connectivity index (χ3n) is 2.76. The maximum atomic E-state index is 11.6. The molecule has 0 bridgehead atoms. The first-order chi connectivity index (χ1) is 7.14. The van der Waals surface area contributed by atoms with Crippen molar-refractivity contribution < 1.29 is 13.2 Å². The smallest absolute Gasteiger partial charge is 0.214 e. The average molecular weight is 235 g/mol. The van der Waals surface area contributed by atoms with E-state index in [2.05, 4.69) is 4.72 Å². The fourth-order valence-electron chi connectivity index (χ4n) is 1.90. The molecule has 90 valence electrons. The summed E-state index contributed by atoms with van der Waals surface area (Å²) < 4.78 is 30.7. The Labute approximate surface area is 92.4 Å². The highest BCUT2D eigenvalue weighted by molar-refractivity contribution is 7.89. The van der Waals surface area contributed by atoms with E-state index in [1.807, 2.05) is 0 Å². The van der Waals surface area contributed by atoms with Crippen molar-refractivity contribution in [2.24, 2.45) is 0 Å². The minimum Gasteiger partial charge on any atom is -0.384 e. The van der Waals surface area contributed by atoms with E-state index in [9.17, 15) is 8.42 Å². The van der Waals surface area contributed by atoms with Crippen LogP contribution in [0.5, 0.6) is 0 Å². The molecule has 0 spiro atoms. The Kier molecular flexibility index (Phi) is 5.56. The minimum absolute atomic E-state index is 0.0694. The molecule has 0 aromatic carbocycles. The Bertz CT molecular complexity index is 256. The third-order valence-corrected chi connectivity index (χ3v) is 4.15. The molecule has 0 amide bonds. The Morgan fingerprint density at radius 1 is 1.20 bits per heavy atom. The summed E-state index contributed by atoms with van der Waals surface area (Å²) in [6, 6.07) is 0.148. The van der Waals surface area contributed by atoms with Crippen molar-refractivity contribution in [2.45, 2.75) is 44.6 Å². The van der Waals surface area contributed by atoms with Gasteiger partial charge in [0.05, 0.1) is 12.4 Å². The van der Waals surface area contributed by atoms with Crippen LogP contribution in [0.4, 0.5) is 0 Å². The van der Waals surface area contributed by atoms with Gasteiger partial charge in [0.1, 0.15) is 0 Å². The van der Waals surface area contributed by atoms with E-state index < -0.39 is 10.0 Å². The molecule has 15 heavy (non-hydrogen) atoms. The lowest BCUT2D eigenvalue weighted by Gasteiger charge is -2.15. The SMILES string of the molecule is COCCS(=O)(=O)NC1CCCCCC1. The van der Waals surface area contributed by atoms with E-state index in [-0.39, 0.29) is 18.4 Å². The van der Waals surface area contributed by atoms with Crippen LogP contribution in [-0.4, -0.2) is 33.9 Å². The molecule has 0 unspecified atom stereocenters. The lowest BCUT2D eigenvalue weighted by atomic mass is 10.1. The number of methoxy groups -OCH3 is 1. The van der Waals surface area contributed by atoms with Crippen molar-refractivity contribution in [1.82, 2.24) is 4.72 Å². The summed E-state index contributed by atoms with van der Waals surface area (Å²) in [6.45, 7) is 0.266. The Morgan fingerprint density at radius 3 is 2.33 bits per heavy atom. The van der Waals surface area contributed by atoms with Gasteiger partial charge in [-0.25, -0.2) is 13.1 Å². The first-order valence-electron chi connectivity index (χ1n) is 5.63. The molecule has 5 heteroatoms. The zero-order valence-electron chi connectivity index (χ0n) is 9.37. The van der Waals surface area contributed by atoms with Gasteiger partial charge in [-0.2, -0.15) is 0 Å². The van der Waals surface area contributed by atoms with Crippen molar-refractivity contribution in [3.63, 3.8) is 0 Å². The number of hydrogen-bond donors (Lipinski definition) is 1. The monoisotopic (exact) mass is 235 g/mol. The van der Waals surface area contributed by atoms with E-state index in [4.69, 9.17) is 4.74 Å². The van der Waals surface area contributed by atoms with Gasteiger partial charge in [-0.05, 0) is 12.8 Å². The largest absolute Gasteiger partial charge is 0.384 e. The normalized spacial score (nSPS) is 20.1. The molecule has 0 aliphatic heterocycles. The minimum atomic E-state index is -3.13. The lowest BCUT2D eigenvalue weighted by molar-refractivity contribution is 0.216. The second kappa shape index (κ2) is 6.45. The van der Waals surface area contributed by atoms with Crippen LogP contribution >= 0.6 is 0 Å². The molecule has 0 radical (unpaired) electrons. The predicted octanol–water partition coefficient (Wildman–Crippen LogP) is 1.27. The standard InChI is InChI=1S/C10H21NO3S/c1-14-8-9-15(12,13)11-10-6-4-2-3-5-7-10/h10-11H,2-9H2,1H3. The molecule has 0 atom stereocenters. The van der Waals surface area contributed by atoms with Crippen LogP contribution in [0.3, 0.4) is 0 Å². The highest BCUT2D eigenvalue weighted by Gasteiger charge is 2.18. The van der Waals surface area contributed by atoms with Crippen LogP contribution < -0.4 is 4.72 Å². The van der Waals surface area contributed by atoms with Crippen molar-refractivity contribution >= 4 is 10.0 Å². The maximum Gasteiger partial charge on any atom is 0.214 e. The molecule has 4 nitrogen and oxygen atoms in total. The van der Waals surface area contributed by atoms with Crippen LogP contribution in [0, 0.1) is 0 Å². The average Bonchev–Trinajstić information content (AvgIpc) is 2.43. The zero-order chi connectivity index (χ0) is 11.1. The zero-order valence-corrected chi connectivity index (χ0v) is 10.2. The summed E-state index contributed by atoms with van der Waals surface area (Å²) >= 11 is 0. The van der Waals surface area contributed by atoms with Gasteiger partial charge in [0.25, 0.3) is 0 Å². The Balaban J connectivity index is 2.37. The van der Waals surface area contributed by atoms with E-state index in [1.165, 1.54) is 20.0 Å². The maximum absolute atomic E-state index is 11.6. The third kappa shape index (κ3) is 5.49. The van der Waals surface area contributed by atoms with Gasteiger partial charge in [0.15, 0.2) is 0 Å². The van der Waals surface area contributed by atoms with Gasteiger partial charge >= 0.3 is 0 Å². The molecule has 0 aromatic rings. The summed E-state index contributed by atoms with van der Waals surface area (Å²) in [5.41, 5.74) is 0. The Hall–Kier alpha value is -0.130. The van der Waals surface area contributed by atoms with Crippen LogP contribution in [0.25, 0.3) is 0 Å². The topological polar surface area (TPSA) is 55.4 Å². The summed E-state index contributed by atoms with van der Waals surface area (Å²) in [6.07, 6.45) is 6.69. The van der Waals surface area contributed by atoms with E-state index in [0.29, 0.717) is 0 Å². The quantitative estimate of drug-likeness (QED) is 0.730. The van der Waals surface area contributed by atoms with Crippen molar-refractivity contribution in [2.75, 3.05) is 19.5 Å². The number of nitrogens with one attached hydrogen (secondary N) is 1. The van der Waals surface area contributed by atoms with Crippen molar-refractivity contribution in [3.05, 3.63) is 0 Å². The summed E-state index contributed by atoms with van der Waals surface area (Å²) in [5, 5.41) is 0. The molecule has 0 heterocycles. The molecular formula is C10H21NO3S. The molecular weight excluding hydrogens is 214 g/mol. The highest BCUT2D eigenvalue weighted by Crippen LogP contribution is 2.17. The molecule has 1 fully saturated rings. The van der Waals surface area contributed by atoms with Gasteiger partial charge < -0.3 is 4.74 Å². The van der Waals surface area contributed by atoms with E-state index in [1.54, 1.807) is 0 Å². The molecule has 1 saturated carbocycles.